The Bertz CT molecular complexity index is 665. The molecular weight excluding hydrogens is 377 g/mol. The van der Waals surface area contributed by atoms with Crippen LogP contribution in [0.4, 0.5) is 0 Å². The van der Waals surface area contributed by atoms with Gasteiger partial charge in [-0.3, -0.25) is 9.59 Å². The molecular formula is C18H25Cl2N3O3. The van der Waals surface area contributed by atoms with E-state index in [9.17, 15) is 9.59 Å². The monoisotopic (exact) mass is 401 g/mol. The van der Waals surface area contributed by atoms with Gasteiger partial charge in [-0.05, 0) is 44.0 Å². The maximum absolute atomic E-state index is 13.0. The fraction of sp³-hybridized carbons (Fsp3) is 0.556. The number of benzene rings is 1. The number of carbonyl (C=O) groups is 2. The van der Waals surface area contributed by atoms with Crippen molar-refractivity contribution in [1.82, 2.24) is 15.1 Å². The highest BCUT2D eigenvalue weighted by Crippen LogP contribution is 2.28. The molecule has 2 fully saturated rings. The molecule has 0 radical (unpaired) electrons. The van der Waals surface area contributed by atoms with E-state index in [0.717, 1.165) is 25.9 Å². The van der Waals surface area contributed by atoms with Gasteiger partial charge >= 0.3 is 0 Å². The molecule has 6 nitrogen and oxygen atoms in total. The minimum atomic E-state index is -0.415. The van der Waals surface area contributed by atoms with Crippen molar-refractivity contribution in [2.24, 2.45) is 0 Å². The van der Waals surface area contributed by atoms with Crippen LogP contribution in [0.15, 0.2) is 18.2 Å². The summed E-state index contributed by atoms with van der Waals surface area (Å²) in [4.78, 5) is 29.4. The van der Waals surface area contributed by atoms with Gasteiger partial charge in [0.15, 0.2) is 0 Å². The number of halogens is 2. The summed E-state index contributed by atoms with van der Waals surface area (Å²) in [7, 11) is 3.36. The lowest BCUT2D eigenvalue weighted by Gasteiger charge is -2.31. The minimum absolute atomic E-state index is 0. The number of likely N-dealkylation sites (tertiary alicyclic amines) is 1. The fourth-order valence-electron chi connectivity index (χ4n) is 3.65. The lowest BCUT2D eigenvalue weighted by atomic mass is 10.1. The summed E-state index contributed by atoms with van der Waals surface area (Å²) in [5.74, 6) is 0.287. The van der Waals surface area contributed by atoms with E-state index in [2.05, 4.69) is 5.32 Å². The molecule has 1 aromatic carbocycles. The Labute approximate surface area is 165 Å². The summed E-state index contributed by atoms with van der Waals surface area (Å²) >= 11 is 6.05. The van der Waals surface area contributed by atoms with E-state index in [0.29, 0.717) is 29.3 Å². The Hall–Kier alpha value is -1.50. The maximum Gasteiger partial charge on any atom is 0.258 e. The largest absolute Gasteiger partial charge is 0.496 e. The number of nitrogens with zero attached hydrogens (tertiary/aromatic N) is 2. The molecule has 2 heterocycles. The Morgan fingerprint density at radius 2 is 2.12 bits per heavy atom. The second-order valence-corrected chi connectivity index (χ2v) is 7.03. The zero-order valence-corrected chi connectivity index (χ0v) is 16.6. The highest BCUT2D eigenvalue weighted by atomic mass is 35.5. The molecule has 2 atom stereocenters. The number of carbonyl (C=O) groups excluding carboxylic acids is 2. The van der Waals surface area contributed by atoms with Gasteiger partial charge in [-0.1, -0.05) is 11.6 Å². The van der Waals surface area contributed by atoms with Gasteiger partial charge in [0, 0.05) is 31.2 Å². The van der Waals surface area contributed by atoms with Crippen molar-refractivity contribution in [3.05, 3.63) is 28.8 Å². The molecule has 0 aliphatic carbocycles. The van der Waals surface area contributed by atoms with Crippen molar-refractivity contribution in [2.45, 2.75) is 31.3 Å². The Morgan fingerprint density at radius 1 is 1.35 bits per heavy atom. The topological polar surface area (TPSA) is 61.9 Å². The van der Waals surface area contributed by atoms with Gasteiger partial charge in [0.2, 0.25) is 5.91 Å². The summed E-state index contributed by atoms with van der Waals surface area (Å²) in [6.45, 7) is 2.31. The highest BCUT2D eigenvalue weighted by Gasteiger charge is 2.38. The summed E-state index contributed by atoms with van der Waals surface area (Å²) < 4.78 is 5.30. The molecule has 144 valence electrons. The quantitative estimate of drug-likeness (QED) is 0.839. The van der Waals surface area contributed by atoms with E-state index in [-0.39, 0.29) is 30.3 Å². The smallest absolute Gasteiger partial charge is 0.258 e. The van der Waals surface area contributed by atoms with Gasteiger partial charge in [-0.2, -0.15) is 0 Å². The van der Waals surface area contributed by atoms with Crippen LogP contribution < -0.4 is 10.1 Å². The first-order valence-electron chi connectivity index (χ1n) is 8.65. The first-order valence-corrected chi connectivity index (χ1v) is 9.02. The van der Waals surface area contributed by atoms with Crippen LogP contribution in [0.2, 0.25) is 5.02 Å². The van der Waals surface area contributed by atoms with Crippen LogP contribution in [0, 0.1) is 0 Å². The molecule has 8 heteroatoms. The minimum Gasteiger partial charge on any atom is -0.496 e. The number of ether oxygens (including phenoxy) is 1. The van der Waals surface area contributed by atoms with Crippen molar-refractivity contribution in [1.29, 1.82) is 0 Å². The second-order valence-electron chi connectivity index (χ2n) is 6.60. The van der Waals surface area contributed by atoms with E-state index in [1.54, 1.807) is 28.0 Å². The standard InChI is InChI=1S/C18H24ClN3O3.ClH/c1-21(13-7-8-20-11-13)18(24)15-4-3-9-22(15)17(23)14-10-12(19)5-6-16(14)25-2;/h5-6,10,13,15,20H,3-4,7-9,11H2,1-2H3;1H. The summed E-state index contributed by atoms with van der Waals surface area (Å²) in [6, 6.07) is 4.75. The van der Waals surface area contributed by atoms with Crippen LogP contribution in [-0.2, 0) is 4.79 Å². The number of rotatable bonds is 4. The predicted octanol–water partition coefficient (Wildman–Crippen LogP) is 2.20. The molecule has 0 spiro atoms. The molecule has 1 aromatic rings. The van der Waals surface area contributed by atoms with Crippen LogP contribution in [0.3, 0.4) is 0 Å². The number of methoxy groups -OCH3 is 1. The van der Waals surface area contributed by atoms with Crippen LogP contribution in [0.25, 0.3) is 0 Å². The van der Waals surface area contributed by atoms with E-state index in [1.165, 1.54) is 7.11 Å². The lowest BCUT2D eigenvalue weighted by Crippen LogP contribution is -2.50. The Morgan fingerprint density at radius 3 is 2.77 bits per heavy atom. The molecule has 2 amide bonds. The van der Waals surface area contributed by atoms with Crippen molar-refractivity contribution in [3.63, 3.8) is 0 Å². The van der Waals surface area contributed by atoms with Crippen LogP contribution in [0.5, 0.6) is 5.75 Å². The second kappa shape index (κ2) is 8.93. The first kappa shape index (κ1) is 20.8. The summed E-state index contributed by atoms with van der Waals surface area (Å²) in [6.07, 6.45) is 2.46. The van der Waals surface area contributed by atoms with Crippen LogP contribution in [-0.4, -0.2) is 67.5 Å². The average Bonchev–Trinajstić information content (AvgIpc) is 3.31. The van der Waals surface area contributed by atoms with E-state index >= 15 is 0 Å². The molecule has 0 saturated carbocycles. The number of amides is 2. The molecule has 0 aromatic heterocycles. The van der Waals surface area contributed by atoms with Crippen LogP contribution >= 0.6 is 24.0 Å². The van der Waals surface area contributed by atoms with E-state index in [4.69, 9.17) is 16.3 Å². The normalized spacial score (nSPS) is 22.0. The van der Waals surface area contributed by atoms with E-state index in [1.807, 2.05) is 7.05 Å². The maximum atomic E-state index is 13.0. The van der Waals surface area contributed by atoms with Gasteiger partial charge in [0.1, 0.15) is 11.8 Å². The fourth-order valence-corrected chi connectivity index (χ4v) is 3.83. The van der Waals surface area contributed by atoms with E-state index < -0.39 is 6.04 Å². The predicted molar refractivity (Wildman–Crippen MR) is 103 cm³/mol. The molecule has 26 heavy (non-hydrogen) atoms. The molecule has 2 unspecified atom stereocenters. The van der Waals surface area contributed by atoms with Gasteiger partial charge in [0.05, 0.1) is 12.7 Å². The van der Waals surface area contributed by atoms with Crippen LogP contribution in [0.1, 0.15) is 29.6 Å². The van der Waals surface area contributed by atoms with Crippen molar-refractivity contribution >= 4 is 35.8 Å². The highest BCUT2D eigenvalue weighted by molar-refractivity contribution is 6.31. The molecule has 2 aliphatic rings. The number of nitrogens with one attached hydrogen (secondary N) is 1. The third-order valence-corrected chi connectivity index (χ3v) is 5.36. The third-order valence-electron chi connectivity index (χ3n) is 5.12. The average molecular weight is 402 g/mol. The zero-order valence-electron chi connectivity index (χ0n) is 15.0. The first-order chi connectivity index (χ1) is 12.0. The van der Waals surface area contributed by atoms with Gasteiger partial charge < -0.3 is 19.9 Å². The number of hydrogen-bond acceptors (Lipinski definition) is 4. The number of hydrogen-bond donors (Lipinski definition) is 1. The molecule has 0 bridgehead atoms. The Balaban J connectivity index is 0.00000243. The Kier molecular flexibility index (Phi) is 7.15. The zero-order chi connectivity index (χ0) is 18.0. The molecule has 2 aliphatic heterocycles. The number of likely N-dealkylation sites (N-methyl/N-ethyl adjacent to an activating group) is 1. The van der Waals surface area contributed by atoms with Gasteiger partial charge in [-0.25, -0.2) is 0 Å². The molecule has 1 N–H and O–H groups in total. The SMILES string of the molecule is COc1ccc(Cl)cc1C(=O)N1CCCC1C(=O)N(C)C1CCNC1.Cl. The summed E-state index contributed by atoms with van der Waals surface area (Å²) in [5.41, 5.74) is 0.403. The molecule has 3 rings (SSSR count). The van der Waals surface area contributed by atoms with Gasteiger partial charge in [0.25, 0.3) is 5.91 Å². The lowest BCUT2D eigenvalue weighted by molar-refractivity contribution is -0.135. The third kappa shape index (κ3) is 4.08. The molecule has 2 saturated heterocycles. The summed E-state index contributed by atoms with van der Waals surface area (Å²) in [5, 5.41) is 3.75. The van der Waals surface area contributed by atoms with Crippen molar-refractivity contribution < 1.29 is 14.3 Å². The van der Waals surface area contributed by atoms with Gasteiger partial charge in [-0.15, -0.1) is 12.4 Å². The van der Waals surface area contributed by atoms with Crippen molar-refractivity contribution in [3.8, 4) is 5.75 Å². The van der Waals surface area contributed by atoms with Crippen molar-refractivity contribution in [2.75, 3.05) is 33.8 Å².